The van der Waals surface area contributed by atoms with Crippen LogP contribution in [0.5, 0.6) is 5.88 Å². The van der Waals surface area contributed by atoms with Crippen LogP contribution >= 0.6 is 0 Å². The van der Waals surface area contributed by atoms with Crippen molar-refractivity contribution >= 4 is 11.5 Å². The Morgan fingerprint density at radius 1 is 1.35 bits per heavy atom. The lowest BCUT2D eigenvalue weighted by Gasteiger charge is -2.16. The zero-order valence-corrected chi connectivity index (χ0v) is 10.4. The Bertz CT molecular complexity index is 375. The Morgan fingerprint density at radius 3 is 2.71 bits per heavy atom. The number of ether oxygens (including phenoxy) is 1. The lowest BCUT2D eigenvalue weighted by molar-refractivity contribution is 0.234. The van der Waals surface area contributed by atoms with Crippen LogP contribution in [-0.4, -0.2) is 22.1 Å². The van der Waals surface area contributed by atoms with Crippen LogP contribution in [0.25, 0.3) is 0 Å². The summed E-state index contributed by atoms with van der Waals surface area (Å²) in [6.45, 7) is 3.90. The zero-order valence-electron chi connectivity index (χ0n) is 10.4. The van der Waals surface area contributed by atoms with Gasteiger partial charge in [-0.05, 0) is 26.7 Å². The SMILES string of the molecule is CC(C)Oc1ncnc(NC2CCCC2)c1N. The number of aromatic nitrogens is 2. The topological polar surface area (TPSA) is 73.1 Å². The number of nitrogen functional groups attached to an aromatic ring is 1. The van der Waals surface area contributed by atoms with Crippen LogP contribution in [0.1, 0.15) is 39.5 Å². The van der Waals surface area contributed by atoms with E-state index in [-0.39, 0.29) is 6.10 Å². The Balaban J connectivity index is 2.10. The molecule has 0 amide bonds. The fraction of sp³-hybridized carbons (Fsp3) is 0.667. The van der Waals surface area contributed by atoms with Crippen LogP contribution in [0.3, 0.4) is 0 Å². The summed E-state index contributed by atoms with van der Waals surface area (Å²) in [7, 11) is 0. The van der Waals surface area contributed by atoms with Crippen molar-refractivity contribution in [3.05, 3.63) is 6.33 Å². The maximum atomic E-state index is 6.00. The van der Waals surface area contributed by atoms with Crippen molar-refractivity contribution < 1.29 is 4.74 Å². The van der Waals surface area contributed by atoms with E-state index in [1.165, 1.54) is 32.0 Å². The molecule has 5 nitrogen and oxygen atoms in total. The van der Waals surface area contributed by atoms with Crippen LogP contribution in [0.2, 0.25) is 0 Å². The van der Waals surface area contributed by atoms with E-state index in [1.807, 2.05) is 13.8 Å². The molecule has 0 aliphatic heterocycles. The van der Waals surface area contributed by atoms with Gasteiger partial charge >= 0.3 is 0 Å². The predicted octanol–water partition coefficient (Wildman–Crippen LogP) is 2.20. The second kappa shape index (κ2) is 5.21. The molecule has 0 unspecified atom stereocenters. The first-order valence-corrected chi connectivity index (χ1v) is 6.20. The minimum Gasteiger partial charge on any atom is -0.473 e. The summed E-state index contributed by atoms with van der Waals surface area (Å²) in [6.07, 6.45) is 6.47. The largest absolute Gasteiger partial charge is 0.473 e. The maximum absolute atomic E-state index is 6.00. The van der Waals surface area contributed by atoms with Gasteiger partial charge in [0.05, 0.1) is 6.10 Å². The van der Waals surface area contributed by atoms with E-state index in [0.717, 1.165) is 0 Å². The molecular weight excluding hydrogens is 216 g/mol. The molecule has 1 aliphatic carbocycles. The molecular formula is C12H20N4O. The molecule has 0 saturated heterocycles. The van der Waals surface area contributed by atoms with Crippen LogP contribution < -0.4 is 15.8 Å². The maximum Gasteiger partial charge on any atom is 0.242 e. The zero-order chi connectivity index (χ0) is 12.3. The Morgan fingerprint density at radius 2 is 2.06 bits per heavy atom. The average molecular weight is 236 g/mol. The lowest BCUT2D eigenvalue weighted by Crippen LogP contribution is -2.18. The fourth-order valence-corrected chi connectivity index (χ4v) is 2.08. The molecule has 17 heavy (non-hydrogen) atoms. The highest BCUT2D eigenvalue weighted by Crippen LogP contribution is 2.28. The first-order chi connectivity index (χ1) is 8.16. The van der Waals surface area contributed by atoms with E-state index in [2.05, 4.69) is 15.3 Å². The summed E-state index contributed by atoms with van der Waals surface area (Å²) in [4.78, 5) is 8.24. The summed E-state index contributed by atoms with van der Waals surface area (Å²) in [5.74, 6) is 1.16. The van der Waals surface area contributed by atoms with Gasteiger partial charge < -0.3 is 15.8 Å². The molecule has 1 aromatic rings. The standard InChI is InChI=1S/C12H20N4O/c1-8(2)17-12-10(13)11(14-7-15-12)16-9-5-3-4-6-9/h7-9H,3-6,13H2,1-2H3,(H,14,15,16). The summed E-state index contributed by atoms with van der Waals surface area (Å²) < 4.78 is 5.53. The number of hydrogen-bond acceptors (Lipinski definition) is 5. The first kappa shape index (κ1) is 12.0. The minimum absolute atomic E-state index is 0.0616. The molecule has 1 saturated carbocycles. The number of anilines is 2. The number of nitrogens with one attached hydrogen (secondary N) is 1. The van der Waals surface area contributed by atoms with Gasteiger partial charge in [0.15, 0.2) is 5.82 Å². The van der Waals surface area contributed by atoms with Crippen molar-refractivity contribution in [1.29, 1.82) is 0 Å². The van der Waals surface area contributed by atoms with Gasteiger partial charge in [0.2, 0.25) is 5.88 Å². The number of hydrogen-bond donors (Lipinski definition) is 2. The molecule has 1 aliphatic rings. The first-order valence-electron chi connectivity index (χ1n) is 6.20. The van der Waals surface area contributed by atoms with Crippen LogP contribution in [0.15, 0.2) is 6.33 Å². The van der Waals surface area contributed by atoms with Gasteiger partial charge in [0.25, 0.3) is 0 Å². The molecule has 94 valence electrons. The Kier molecular flexibility index (Phi) is 3.66. The molecule has 5 heteroatoms. The van der Waals surface area contributed by atoms with E-state index in [4.69, 9.17) is 10.5 Å². The molecule has 0 aromatic carbocycles. The highest BCUT2D eigenvalue weighted by atomic mass is 16.5. The fourth-order valence-electron chi connectivity index (χ4n) is 2.08. The molecule has 1 aromatic heterocycles. The normalized spacial score (nSPS) is 16.4. The Hall–Kier alpha value is -1.52. The lowest BCUT2D eigenvalue weighted by atomic mass is 10.2. The van der Waals surface area contributed by atoms with Gasteiger partial charge in [-0.1, -0.05) is 12.8 Å². The Labute approximate surface area is 102 Å². The van der Waals surface area contributed by atoms with Crippen molar-refractivity contribution in [3.8, 4) is 5.88 Å². The van der Waals surface area contributed by atoms with Crippen LogP contribution in [0, 0.1) is 0 Å². The number of rotatable bonds is 4. The second-order valence-corrected chi connectivity index (χ2v) is 4.73. The highest BCUT2D eigenvalue weighted by Gasteiger charge is 2.18. The summed E-state index contributed by atoms with van der Waals surface area (Å²) in [5.41, 5.74) is 6.50. The van der Waals surface area contributed by atoms with E-state index in [0.29, 0.717) is 23.4 Å². The smallest absolute Gasteiger partial charge is 0.242 e. The summed E-state index contributed by atoms with van der Waals surface area (Å²) in [6, 6.07) is 0.485. The molecule has 1 heterocycles. The summed E-state index contributed by atoms with van der Waals surface area (Å²) in [5, 5.41) is 3.37. The third-order valence-electron chi connectivity index (χ3n) is 2.89. The number of nitrogens with zero attached hydrogens (tertiary/aromatic N) is 2. The highest BCUT2D eigenvalue weighted by molar-refractivity contribution is 5.66. The quantitative estimate of drug-likeness (QED) is 0.838. The van der Waals surface area contributed by atoms with Crippen molar-refractivity contribution in [3.63, 3.8) is 0 Å². The molecule has 2 rings (SSSR count). The molecule has 0 bridgehead atoms. The van der Waals surface area contributed by atoms with Crippen LogP contribution in [0.4, 0.5) is 11.5 Å². The summed E-state index contributed by atoms with van der Waals surface area (Å²) >= 11 is 0. The van der Waals surface area contributed by atoms with Crippen molar-refractivity contribution in [2.75, 3.05) is 11.1 Å². The predicted molar refractivity (Wildman–Crippen MR) is 68.1 cm³/mol. The third kappa shape index (κ3) is 2.99. The van der Waals surface area contributed by atoms with E-state index >= 15 is 0 Å². The van der Waals surface area contributed by atoms with E-state index < -0.39 is 0 Å². The molecule has 0 radical (unpaired) electrons. The third-order valence-corrected chi connectivity index (χ3v) is 2.89. The average Bonchev–Trinajstić information content (AvgIpc) is 2.76. The van der Waals surface area contributed by atoms with E-state index in [9.17, 15) is 0 Å². The monoisotopic (exact) mass is 236 g/mol. The van der Waals surface area contributed by atoms with Gasteiger partial charge in [-0.15, -0.1) is 0 Å². The van der Waals surface area contributed by atoms with Crippen LogP contribution in [-0.2, 0) is 0 Å². The van der Waals surface area contributed by atoms with Crippen molar-refractivity contribution in [2.45, 2.75) is 51.7 Å². The van der Waals surface area contributed by atoms with Crippen molar-refractivity contribution in [2.24, 2.45) is 0 Å². The van der Waals surface area contributed by atoms with Crippen molar-refractivity contribution in [1.82, 2.24) is 9.97 Å². The van der Waals surface area contributed by atoms with E-state index in [1.54, 1.807) is 0 Å². The van der Waals surface area contributed by atoms with Gasteiger partial charge in [0.1, 0.15) is 12.0 Å². The molecule has 1 fully saturated rings. The van der Waals surface area contributed by atoms with Gasteiger partial charge in [0, 0.05) is 6.04 Å². The van der Waals surface area contributed by atoms with Gasteiger partial charge in [-0.25, -0.2) is 4.98 Å². The molecule has 0 spiro atoms. The minimum atomic E-state index is 0.0616. The second-order valence-electron chi connectivity index (χ2n) is 4.73. The molecule has 0 atom stereocenters. The number of nitrogens with two attached hydrogens (primary N) is 1. The van der Waals surface area contributed by atoms with Gasteiger partial charge in [-0.3, -0.25) is 0 Å². The molecule has 3 N–H and O–H groups in total. The van der Waals surface area contributed by atoms with Gasteiger partial charge in [-0.2, -0.15) is 4.98 Å².